The second-order valence-corrected chi connectivity index (χ2v) is 10.9. The third-order valence-electron chi connectivity index (χ3n) is 5.15. The first-order valence-corrected chi connectivity index (χ1v) is 13.3. The first-order valence-electron chi connectivity index (χ1n) is 10.4. The summed E-state index contributed by atoms with van der Waals surface area (Å²) < 4.78 is 49.0. The normalized spacial score (nSPS) is 18.8. The van der Waals surface area contributed by atoms with E-state index in [1.54, 1.807) is 42.5 Å². The molecule has 0 atom stereocenters. The molecule has 0 fully saturated rings. The van der Waals surface area contributed by atoms with Crippen molar-refractivity contribution in [2.24, 2.45) is 0 Å². The molecule has 0 radical (unpaired) electrons. The molecule has 3 heterocycles. The fraction of sp³-hybridized carbons (Fsp3) is 0. The minimum atomic E-state index is -4.68. The average Bonchev–Trinajstić information content (AvgIpc) is 3.50. The maximum absolute atomic E-state index is 6.41. The standard InChI is InChI=1S/C24H16O8P2/c1-2-10-18-17(9-1)25-33(26-18)27-19-11-3-4-12-20(19)28-34(29-21-13-5-6-14-22(21)30-34)31-23-15-7-8-16-24(23)32-34/h1-16H. The Morgan fingerprint density at radius 2 is 0.853 bits per heavy atom. The Morgan fingerprint density at radius 1 is 0.471 bits per heavy atom. The van der Waals surface area contributed by atoms with Crippen LogP contribution in [0, 0.1) is 0 Å². The van der Waals surface area contributed by atoms with E-state index in [1.807, 2.05) is 54.6 Å². The van der Waals surface area contributed by atoms with Crippen molar-refractivity contribution in [1.82, 2.24) is 0 Å². The average molecular weight is 494 g/mol. The molecule has 0 saturated heterocycles. The van der Waals surface area contributed by atoms with Gasteiger partial charge in [0.2, 0.25) is 0 Å². The number of fused-ring (bicyclic) bond motifs is 3. The van der Waals surface area contributed by atoms with E-state index in [1.165, 1.54) is 0 Å². The fourth-order valence-corrected chi connectivity index (χ4v) is 7.47. The number of benzene rings is 4. The molecule has 0 aliphatic carbocycles. The molecular formula is C24H16O8P2. The van der Waals surface area contributed by atoms with Crippen molar-refractivity contribution in [3.63, 3.8) is 0 Å². The zero-order valence-corrected chi connectivity index (χ0v) is 19.2. The van der Waals surface area contributed by atoms with Gasteiger partial charge in [-0.1, -0.05) is 0 Å². The first kappa shape index (κ1) is 19.6. The molecule has 1 spiro atoms. The van der Waals surface area contributed by atoms with Crippen LogP contribution in [0.25, 0.3) is 0 Å². The van der Waals surface area contributed by atoms with Gasteiger partial charge in [0.1, 0.15) is 0 Å². The van der Waals surface area contributed by atoms with Crippen LogP contribution in [0.1, 0.15) is 0 Å². The maximum atomic E-state index is 6.41. The molecule has 0 saturated carbocycles. The van der Waals surface area contributed by atoms with E-state index in [2.05, 4.69) is 0 Å². The topological polar surface area (TPSA) is 73.8 Å². The van der Waals surface area contributed by atoms with Crippen LogP contribution < -0.4 is 36.2 Å². The summed E-state index contributed by atoms with van der Waals surface area (Å²) >= 11 is 0. The van der Waals surface area contributed by atoms with Crippen LogP contribution in [-0.2, 0) is 0 Å². The summed E-state index contributed by atoms with van der Waals surface area (Å²) in [6, 6.07) is 28.8. The first-order chi connectivity index (χ1) is 16.7. The number of rotatable bonds is 4. The van der Waals surface area contributed by atoms with E-state index in [-0.39, 0.29) is 5.75 Å². The van der Waals surface area contributed by atoms with E-state index >= 15 is 0 Å². The molecule has 34 heavy (non-hydrogen) atoms. The number of hydrogen-bond acceptors (Lipinski definition) is 8. The Hall–Kier alpha value is -3.86. The molecule has 4 aromatic rings. The van der Waals surface area contributed by atoms with Gasteiger partial charge >= 0.3 is 196 Å². The molecule has 10 heteroatoms. The molecule has 0 unspecified atom stereocenters. The molecule has 170 valence electrons. The van der Waals surface area contributed by atoms with Crippen LogP contribution in [0.5, 0.6) is 46.0 Å². The van der Waals surface area contributed by atoms with Crippen molar-refractivity contribution in [3.8, 4) is 46.0 Å². The molecule has 0 amide bonds. The minimum absolute atomic E-state index is 0.284. The predicted octanol–water partition coefficient (Wildman–Crippen LogP) is 7.21. The summed E-state index contributed by atoms with van der Waals surface area (Å²) in [5, 5.41) is 0. The zero-order valence-electron chi connectivity index (χ0n) is 17.4. The molecule has 0 bridgehead atoms. The summed E-state index contributed by atoms with van der Waals surface area (Å²) in [6.07, 6.45) is 0. The monoisotopic (exact) mass is 494 g/mol. The summed E-state index contributed by atoms with van der Waals surface area (Å²) in [6.45, 7) is 0. The predicted molar refractivity (Wildman–Crippen MR) is 125 cm³/mol. The van der Waals surface area contributed by atoms with Crippen LogP contribution in [0.15, 0.2) is 97.1 Å². The summed E-state index contributed by atoms with van der Waals surface area (Å²) in [7, 11) is -6.41. The summed E-state index contributed by atoms with van der Waals surface area (Å²) in [4.78, 5) is 0. The second-order valence-electron chi connectivity index (χ2n) is 7.49. The van der Waals surface area contributed by atoms with E-state index in [0.717, 1.165) is 0 Å². The van der Waals surface area contributed by atoms with Crippen molar-refractivity contribution >= 4 is 16.3 Å². The quantitative estimate of drug-likeness (QED) is 0.276. The van der Waals surface area contributed by atoms with Crippen LogP contribution in [0.4, 0.5) is 0 Å². The Morgan fingerprint density at radius 3 is 1.32 bits per heavy atom. The van der Waals surface area contributed by atoms with E-state index in [9.17, 15) is 0 Å². The van der Waals surface area contributed by atoms with Gasteiger partial charge in [0.15, 0.2) is 0 Å². The summed E-state index contributed by atoms with van der Waals surface area (Å²) in [5.74, 6) is 3.68. The zero-order chi connectivity index (χ0) is 22.6. The molecule has 7 rings (SSSR count). The third-order valence-corrected chi connectivity index (χ3v) is 8.66. The number of para-hydroxylation sites is 8. The van der Waals surface area contributed by atoms with Crippen molar-refractivity contribution < 1.29 is 36.2 Å². The molecule has 4 aromatic carbocycles. The molecule has 3 aliphatic rings. The molecule has 8 nitrogen and oxygen atoms in total. The molecule has 0 N–H and O–H groups in total. The van der Waals surface area contributed by atoms with Crippen LogP contribution >= 0.6 is 16.3 Å². The Bertz CT molecular complexity index is 1290. The van der Waals surface area contributed by atoms with E-state index < -0.39 is 16.3 Å². The van der Waals surface area contributed by atoms with Gasteiger partial charge in [-0.3, -0.25) is 0 Å². The molecule has 3 aliphatic heterocycles. The molecular weight excluding hydrogens is 478 g/mol. The Balaban J connectivity index is 1.24. The van der Waals surface area contributed by atoms with Crippen molar-refractivity contribution in [2.45, 2.75) is 0 Å². The van der Waals surface area contributed by atoms with Gasteiger partial charge in [-0.15, -0.1) is 0 Å². The van der Waals surface area contributed by atoms with Crippen molar-refractivity contribution in [2.75, 3.05) is 0 Å². The van der Waals surface area contributed by atoms with Gasteiger partial charge in [0, 0.05) is 0 Å². The third kappa shape index (κ3) is 3.07. The van der Waals surface area contributed by atoms with Crippen molar-refractivity contribution in [1.29, 1.82) is 0 Å². The second kappa shape index (κ2) is 7.07. The Kier molecular flexibility index (Phi) is 4.07. The van der Waals surface area contributed by atoms with Crippen LogP contribution in [-0.4, -0.2) is 0 Å². The van der Waals surface area contributed by atoms with Gasteiger partial charge < -0.3 is 0 Å². The SMILES string of the molecule is c1ccc2c(c1)OP(Oc1ccccc1OP13(Oc4ccccc4O1)Oc1ccccc1O3)O2. The van der Waals surface area contributed by atoms with Crippen LogP contribution in [0.3, 0.4) is 0 Å². The molecule has 0 aromatic heterocycles. The van der Waals surface area contributed by atoms with Crippen LogP contribution in [0.2, 0.25) is 0 Å². The van der Waals surface area contributed by atoms with Gasteiger partial charge in [0.05, 0.1) is 0 Å². The van der Waals surface area contributed by atoms with E-state index in [4.69, 9.17) is 36.2 Å². The fourth-order valence-electron chi connectivity index (χ4n) is 3.69. The van der Waals surface area contributed by atoms with Gasteiger partial charge in [-0.25, -0.2) is 0 Å². The van der Waals surface area contributed by atoms with Gasteiger partial charge in [-0.05, 0) is 0 Å². The van der Waals surface area contributed by atoms with Gasteiger partial charge in [0.25, 0.3) is 0 Å². The van der Waals surface area contributed by atoms with Gasteiger partial charge in [-0.2, -0.15) is 0 Å². The van der Waals surface area contributed by atoms with E-state index in [0.29, 0.717) is 40.2 Å². The van der Waals surface area contributed by atoms with Crippen molar-refractivity contribution in [3.05, 3.63) is 97.1 Å². The summed E-state index contributed by atoms with van der Waals surface area (Å²) in [5.41, 5.74) is 0. The number of hydrogen-bond donors (Lipinski definition) is 0. The Labute approximate surface area is 195 Å².